The van der Waals surface area contributed by atoms with E-state index in [4.69, 9.17) is 14.7 Å². The number of carbonyl (C=O) groups is 1. The summed E-state index contributed by atoms with van der Waals surface area (Å²) < 4.78 is 5.29. The largest absolute Gasteiger partial charge is 0.377 e. The standard InChI is InChI=1S/C21H24N4O2S/c1-15(26)24-9-6-10-25(12-11-24)20-19-17(16-7-4-3-5-8-16)14-28-21(19)23-18(22-20)13-27-2/h3-5,7-8,14H,6,9-13H2,1-2H3. The van der Waals surface area contributed by atoms with Gasteiger partial charge < -0.3 is 14.5 Å². The minimum atomic E-state index is 0.135. The van der Waals surface area contributed by atoms with Gasteiger partial charge in [0.1, 0.15) is 17.3 Å². The van der Waals surface area contributed by atoms with E-state index in [2.05, 4.69) is 34.5 Å². The minimum absolute atomic E-state index is 0.135. The Hall–Kier alpha value is -2.51. The highest BCUT2D eigenvalue weighted by Crippen LogP contribution is 2.38. The summed E-state index contributed by atoms with van der Waals surface area (Å²) in [7, 11) is 1.66. The van der Waals surface area contributed by atoms with Crippen LogP contribution in [0.5, 0.6) is 0 Å². The molecular formula is C21H24N4O2S. The molecule has 3 heterocycles. The van der Waals surface area contributed by atoms with Crippen molar-refractivity contribution in [3.05, 3.63) is 41.5 Å². The fraction of sp³-hybridized carbons (Fsp3) is 0.381. The molecule has 0 aliphatic carbocycles. The molecule has 28 heavy (non-hydrogen) atoms. The first-order valence-corrected chi connectivity index (χ1v) is 10.4. The van der Waals surface area contributed by atoms with Crippen molar-refractivity contribution in [1.82, 2.24) is 14.9 Å². The van der Waals surface area contributed by atoms with Crippen molar-refractivity contribution in [2.24, 2.45) is 0 Å². The highest BCUT2D eigenvalue weighted by molar-refractivity contribution is 7.17. The molecule has 0 bridgehead atoms. The maximum atomic E-state index is 11.8. The third-order valence-corrected chi connectivity index (χ3v) is 5.93. The highest BCUT2D eigenvalue weighted by atomic mass is 32.1. The van der Waals surface area contributed by atoms with Gasteiger partial charge in [0, 0.05) is 51.2 Å². The number of nitrogens with zero attached hydrogens (tertiary/aromatic N) is 4. The molecule has 7 heteroatoms. The normalized spacial score (nSPS) is 15.1. The van der Waals surface area contributed by atoms with Crippen LogP contribution >= 0.6 is 11.3 Å². The number of thiophene rings is 1. The van der Waals surface area contributed by atoms with E-state index < -0.39 is 0 Å². The topological polar surface area (TPSA) is 58.6 Å². The van der Waals surface area contributed by atoms with Crippen LogP contribution in [0.15, 0.2) is 35.7 Å². The van der Waals surface area contributed by atoms with Crippen molar-refractivity contribution in [2.75, 3.05) is 38.2 Å². The number of amides is 1. The van der Waals surface area contributed by atoms with Crippen LogP contribution in [0.25, 0.3) is 21.3 Å². The number of anilines is 1. The first-order valence-electron chi connectivity index (χ1n) is 9.50. The van der Waals surface area contributed by atoms with E-state index in [1.807, 2.05) is 11.0 Å². The predicted molar refractivity (Wildman–Crippen MR) is 113 cm³/mol. The average Bonchev–Trinajstić information content (AvgIpc) is 2.96. The van der Waals surface area contributed by atoms with Crippen LogP contribution in [0.2, 0.25) is 0 Å². The number of hydrogen-bond donors (Lipinski definition) is 0. The second kappa shape index (κ2) is 8.24. The summed E-state index contributed by atoms with van der Waals surface area (Å²) in [6.45, 7) is 5.16. The molecule has 0 unspecified atom stereocenters. The van der Waals surface area contributed by atoms with Gasteiger partial charge in [-0.15, -0.1) is 11.3 Å². The van der Waals surface area contributed by atoms with Crippen molar-refractivity contribution in [1.29, 1.82) is 0 Å². The molecule has 0 saturated carbocycles. The van der Waals surface area contributed by atoms with Crippen molar-refractivity contribution < 1.29 is 9.53 Å². The maximum absolute atomic E-state index is 11.8. The van der Waals surface area contributed by atoms with Gasteiger partial charge in [-0.05, 0) is 12.0 Å². The third kappa shape index (κ3) is 3.72. The molecule has 1 aliphatic rings. The molecule has 1 saturated heterocycles. The highest BCUT2D eigenvalue weighted by Gasteiger charge is 2.23. The number of fused-ring (bicyclic) bond motifs is 1. The molecule has 1 aromatic carbocycles. The maximum Gasteiger partial charge on any atom is 0.219 e. The zero-order valence-corrected chi connectivity index (χ0v) is 17.0. The average molecular weight is 397 g/mol. The van der Waals surface area contributed by atoms with Gasteiger partial charge in [0.25, 0.3) is 0 Å². The Morgan fingerprint density at radius 1 is 1.14 bits per heavy atom. The molecule has 3 aromatic rings. The molecule has 0 spiro atoms. The molecule has 6 nitrogen and oxygen atoms in total. The van der Waals surface area contributed by atoms with E-state index >= 15 is 0 Å². The SMILES string of the molecule is COCc1nc(N2CCCN(C(C)=O)CC2)c2c(-c3ccccc3)csc2n1. The van der Waals surface area contributed by atoms with Gasteiger partial charge in [0.15, 0.2) is 5.82 Å². The predicted octanol–water partition coefficient (Wildman–Crippen LogP) is 3.56. The molecule has 0 radical (unpaired) electrons. The van der Waals surface area contributed by atoms with E-state index in [0.717, 1.165) is 47.7 Å². The summed E-state index contributed by atoms with van der Waals surface area (Å²) in [5, 5.41) is 3.25. The van der Waals surface area contributed by atoms with Crippen LogP contribution < -0.4 is 4.90 Å². The van der Waals surface area contributed by atoms with Crippen LogP contribution in [0.3, 0.4) is 0 Å². The van der Waals surface area contributed by atoms with E-state index in [9.17, 15) is 4.79 Å². The lowest BCUT2D eigenvalue weighted by atomic mass is 10.1. The second-order valence-corrected chi connectivity index (χ2v) is 7.80. The van der Waals surface area contributed by atoms with Crippen LogP contribution in [0, 0.1) is 0 Å². The summed E-state index contributed by atoms with van der Waals surface area (Å²) in [6, 6.07) is 10.4. The lowest BCUT2D eigenvalue weighted by molar-refractivity contribution is -0.128. The van der Waals surface area contributed by atoms with Gasteiger partial charge in [-0.2, -0.15) is 0 Å². The Kier molecular flexibility index (Phi) is 5.54. The Labute approximate surface area is 168 Å². The third-order valence-electron chi connectivity index (χ3n) is 5.06. The van der Waals surface area contributed by atoms with Gasteiger partial charge in [-0.3, -0.25) is 4.79 Å². The Morgan fingerprint density at radius 2 is 1.96 bits per heavy atom. The van der Waals surface area contributed by atoms with Crippen molar-refractivity contribution in [2.45, 2.75) is 20.0 Å². The number of aromatic nitrogens is 2. The minimum Gasteiger partial charge on any atom is -0.377 e. The van der Waals surface area contributed by atoms with E-state index in [1.54, 1.807) is 25.4 Å². The summed E-state index contributed by atoms with van der Waals surface area (Å²) >= 11 is 1.64. The first kappa shape index (κ1) is 18.8. The van der Waals surface area contributed by atoms with Gasteiger partial charge in [0.05, 0.1) is 5.39 Å². The fourth-order valence-electron chi connectivity index (χ4n) is 3.66. The van der Waals surface area contributed by atoms with Crippen LogP contribution in [0.1, 0.15) is 19.2 Å². The summed E-state index contributed by atoms with van der Waals surface area (Å²) in [4.78, 5) is 26.6. The number of carbonyl (C=O) groups excluding carboxylic acids is 1. The summed E-state index contributed by atoms with van der Waals surface area (Å²) in [5.74, 6) is 1.77. The van der Waals surface area contributed by atoms with E-state index in [1.165, 1.54) is 5.56 Å². The van der Waals surface area contributed by atoms with Gasteiger partial charge >= 0.3 is 0 Å². The van der Waals surface area contributed by atoms with E-state index in [-0.39, 0.29) is 5.91 Å². The zero-order chi connectivity index (χ0) is 19.5. The summed E-state index contributed by atoms with van der Waals surface area (Å²) in [6.07, 6.45) is 0.926. The molecule has 1 fully saturated rings. The van der Waals surface area contributed by atoms with Crippen LogP contribution in [-0.2, 0) is 16.1 Å². The van der Waals surface area contributed by atoms with Gasteiger partial charge in [-0.1, -0.05) is 30.3 Å². The number of hydrogen-bond acceptors (Lipinski definition) is 6. The Bertz CT molecular complexity index is 973. The number of rotatable bonds is 4. The molecule has 146 valence electrons. The van der Waals surface area contributed by atoms with Crippen LogP contribution in [0.4, 0.5) is 5.82 Å². The van der Waals surface area contributed by atoms with Crippen molar-refractivity contribution in [3.8, 4) is 11.1 Å². The molecule has 0 N–H and O–H groups in total. The quantitative estimate of drug-likeness (QED) is 0.675. The van der Waals surface area contributed by atoms with E-state index in [0.29, 0.717) is 19.0 Å². The molecule has 0 atom stereocenters. The monoisotopic (exact) mass is 396 g/mol. The van der Waals surface area contributed by atoms with Gasteiger partial charge in [0.2, 0.25) is 5.91 Å². The number of benzene rings is 1. The van der Waals surface area contributed by atoms with Gasteiger partial charge in [-0.25, -0.2) is 9.97 Å². The number of ether oxygens (including phenoxy) is 1. The Morgan fingerprint density at radius 3 is 2.71 bits per heavy atom. The number of methoxy groups -OCH3 is 1. The second-order valence-electron chi connectivity index (χ2n) is 6.94. The smallest absolute Gasteiger partial charge is 0.219 e. The lowest BCUT2D eigenvalue weighted by Crippen LogP contribution is -2.34. The Balaban J connectivity index is 1.80. The summed E-state index contributed by atoms with van der Waals surface area (Å²) in [5.41, 5.74) is 2.32. The zero-order valence-electron chi connectivity index (χ0n) is 16.2. The molecule has 1 aliphatic heterocycles. The lowest BCUT2D eigenvalue weighted by Gasteiger charge is -2.24. The van der Waals surface area contributed by atoms with Crippen LogP contribution in [-0.4, -0.2) is 54.1 Å². The molecule has 2 aromatic heterocycles. The molecule has 1 amide bonds. The van der Waals surface area contributed by atoms with Crippen molar-refractivity contribution >= 4 is 33.3 Å². The molecule has 4 rings (SSSR count). The molecular weight excluding hydrogens is 372 g/mol. The van der Waals surface area contributed by atoms with Crippen molar-refractivity contribution in [3.63, 3.8) is 0 Å². The first-order chi connectivity index (χ1) is 13.7. The fourth-order valence-corrected chi connectivity index (χ4v) is 4.62.